The Morgan fingerprint density at radius 1 is 1.41 bits per heavy atom. The lowest BCUT2D eigenvalue weighted by Crippen LogP contribution is -2.21. The molecule has 1 aliphatic carbocycles. The molecule has 0 unspecified atom stereocenters. The van der Waals surface area contributed by atoms with Gasteiger partial charge in [-0.15, -0.1) is 11.3 Å². The molecule has 0 saturated heterocycles. The molecule has 4 nitrogen and oxygen atoms in total. The predicted octanol–water partition coefficient (Wildman–Crippen LogP) is 2.58. The number of fused-ring (bicyclic) bond motifs is 1. The van der Waals surface area contributed by atoms with Crippen molar-refractivity contribution >= 4 is 34.0 Å². The van der Waals surface area contributed by atoms with Crippen molar-refractivity contribution in [1.82, 2.24) is 0 Å². The van der Waals surface area contributed by atoms with Crippen LogP contribution < -0.4 is 4.90 Å². The average Bonchev–Trinajstić information content (AvgIpc) is 2.68. The summed E-state index contributed by atoms with van der Waals surface area (Å²) in [4.78, 5) is 28.5. The van der Waals surface area contributed by atoms with Gasteiger partial charge in [0.05, 0.1) is 0 Å². The highest BCUT2D eigenvalue weighted by molar-refractivity contribution is 7.17. The summed E-state index contributed by atoms with van der Waals surface area (Å²) in [6.07, 6.45) is 5.85. The Balaban J connectivity index is 2.54. The van der Waals surface area contributed by atoms with Crippen LogP contribution in [0.3, 0.4) is 0 Å². The highest BCUT2D eigenvalue weighted by Crippen LogP contribution is 2.45. The van der Waals surface area contributed by atoms with Crippen LogP contribution in [0, 0.1) is 0 Å². The smallest absolute Gasteiger partial charge is 0.240 e. The lowest BCUT2D eigenvalue weighted by Gasteiger charge is -2.13. The van der Waals surface area contributed by atoms with Crippen LogP contribution in [-0.2, 0) is 22.4 Å². The molecule has 0 aliphatic heterocycles. The molecule has 0 aromatic carbocycles. The Morgan fingerprint density at radius 3 is 2.76 bits per heavy atom. The van der Waals surface area contributed by atoms with E-state index in [9.17, 15) is 9.59 Å². The van der Waals surface area contributed by atoms with Gasteiger partial charge in [-0.25, -0.2) is 4.79 Å². The maximum absolute atomic E-state index is 11.4. The zero-order valence-corrected chi connectivity index (χ0v) is 10.8. The predicted molar refractivity (Wildman–Crippen MR) is 67.8 cm³/mol. The maximum Gasteiger partial charge on any atom is 0.240 e. The third-order valence-corrected chi connectivity index (χ3v) is 4.42. The van der Waals surface area contributed by atoms with Gasteiger partial charge in [0.2, 0.25) is 12.0 Å². The summed E-state index contributed by atoms with van der Waals surface area (Å²) >= 11 is 1.57. The molecule has 90 valence electrons. The van der Waals surface area contributed by atoms with Crippen LogP contribution in [0.2, 0.25) is 0 Å². The average molecular weight is 250 g/mol. The molecule has 1 aliphatic rings. The first-order valence-corrected chi connectivity index (χ1v) is 6.43. The first-order chi connectivity index (χ1) is 8.15. The van der Waals surface area contributed by atoms with Gasteiger partial charge >= 0.3 is 0 Å². The third kappa shape index (κ3) is 2.16. The van der Waals surface area contributed by atoms with Crippen molar-refractivity contribution in [2.75, 3.05) is 11.9 Å². The Morgan fingerprint density at radius 2 is 2.12 bits per heavy atom. The second-order valence-corrected chi connectivity index (χ2v) is 5.23. The van der Waals surface area contributed by atoms with E-state index in [-0.39, 0.29) is 5.91 Å². The Bertz CT molecular complexity index is 501. The normalized spacial score (nSPS) is 13.8. The number of hydrogen-bond acceptors (Lipinski definition) is 4. The standard InChI is InChI=1S/C12H14N2O2S/c1-8(16)14(2)12-11(13-7-15)9-5-3-4-6-10(9)17-12/h3-6H2,1-2H3. The van der Waals surface area contributed by atoms with E-state index in [2.05, 4.69) is 4.99 Å². The number of isocyanates is 1. The fraction of sp³-hybridized carbons (Fsp3) is 0.500. The van der Waals surface area contributed by atoms with Gasteiger partial charge < -0.3 is 4.90 Å². The number of amides is 1. The molecule has 1 aromatic heterocycles. The summed E-state index contributed by atoms with van der Waals surface area (Å²) in [6, 6.07) is 0. The van der Waals surface area contributed by atoms with Gasteiger partial charge in [-0.05, 0) is 31.2 Å². The first-order valence-electron chi connectivity index (χ1n) is 5.62. The van der Waals surface area contributed by atoms with Gasteiger partial charge in [-0.3, -0.25) is 4.79 Å². The third-order valence-electron chi connectivity index (χ3n) is 3.06. The molecular formula is C12H14N2O2S. The topological polar surface area (TPSA) is 49.7 Å². The van der Waals surface area contributed by atoms with Gasteiger partial charge in [0.15, 0.2) is 0 Å². The summed E-state index contributed by atoms with van der Waals surface area (Å²) in [5, 5.41) is 0.771. The molecule has 0 atom stereocenters. The van der Waals surface area contributed by atoms with Crippen molar-refractivity contribution in [3.05, 3.63) is 10.4 Å². The van der Waals surface area contributed by atoms with Crippen molar-refractivity contribution < 1.29 is 9.59 Å². The fourth-order valence-electron chi connectivity index (χ4n) is 2.07. The number of thiophene rings is 1. The van der Waals surface area contributed by atoms with E-state index < -0.39 is 0 Å². The zero-order chi connectivity index (χ0) is 12.4. The van der Waals surface area contributed by atoms with E-state index in [0.717, 1.165) is 29.8 Å². The highest BCUT2D eigenvalue weighted by Gasteiger charge is 2.23. The summed E-state index contributed by atoms with van der Waals surface area (Å²) in [6.45, 7) is 1.51. The van der Waals surface area contributed by atoms with Crippen LogP contribution in [0.1, 0.15) is 30.2 Å². The number of carbonyl (C=O) groups is 1. The number of aryl methyl sites for hydroxylation is 1. The number of nitrogens with zero attached hydrogens (tertiary/aromatic N) is 2. The molecule has 5 heteroatoms. The van der Waals surface area contributed by atoms with Crippen LogP contribution in [0.15, 0.2) is 4.99 Å². The molecule has 1 amide bonds. The van der Waals surface area contributed by atoms with Crippen LogP contribution in [0.5, 0.6) is 0 Å². The zero-order valence-electron chi connectivity index (χ0n) is 9.95. The van der Waals surface area contributed by atoms with Crippen LogP contribution in [0.4, 0.5) is 10.7 Å². The quantitative estimate of drug-likeness (QED) is 0.598. The molecule has 0 radical (unpaired) electrons. The van der Waals surface area contributed by atoms with Crippen molar-refractivity contribution in [2.45, 2.75) is 32.6 Å². The van der Waals surface area contributed by atoms with Crippen molar-refractivity contribution in [1.29, 1.82) is 0 Å². The maximum atomic E-state index is 11.4. The molecule has 1 heterocycles. The van der Waals surface area contributed by atoms with E-state index in [0.29, 0.717) is 5.69 Å². The Kier molecular flexibility index (Phi) is 3.41. The van der Waals surface area contributed by atoms with Crippen LogP contribution in [0.25, 0.3) is 0 Å². The van der Waals surface area contributed by atoms with Gasteiger partial charge in [0.1, 0.15) is 10.7 Å². The number of rotatable bonds is 2. The number of aliphatic imine (C=N–C) groups is 1. The minimum absolute atomic E-state index is 0.0501. The number of hydrogen-bond donors (Lipinski definition) is 0. The fourth-order valence-corrected chi connectivity index (χ4v) is 3.40. The summed E-state index contributed by atoms with van der Waals surface area (Å²) in [5.74, 6) is -0.0501. The molecule has 2 rings (SSSR count). The monoisotopic (exact) mass is 250 g/mol. The second kappa shape index (κ2) is 4.82. The molecular weight excluding hydrogens is 236 g/mol. The largest absolute Gasteiger partial charge is 0.305 e. The lowest BCUT2D eigenvalue weighted by molar-refractivity contribution is -0.116. The van der Waals surface area contributed by atoms with E-state index in [1.165, 1.54) is 18.2 Å². The molecule has 0 spiro atoms. The molecule has 0 fully saturated rings. The minimum Gasteiger partial charge on any atom is -0.305 e. The molecule has 1 aromatic rings. The van der Waals surface area contributed by atoms with Crippen molar-refractivity contribution in [3.63, 3.8) is 0 Å². The molecule has 0 N–H and O–H groups in total. The second-order valence-electron chi connectivity index (χ2n) is 4.15. The molecule has 0 bridgehead atoms. The molecule has 0 saturated carbocycles. The first kappa shape index (κ1) is 12.0. The van der Waals surface area contributed by atoms with Gasteiger partial charge in [0.25, 0.3) is 0 Å². The Labute approximate surface area is 104 Å². The lowest BCUT2D eigenvalue weighted by atomic mass is 9.98. The van der Waals surface area contributed by atoms with E-state index >= 15 is 0 Å². The summed E-state index contributed by atoms with van der Waals surface area (Å²) in [5.41, 5.74) is 1.78. The van der Waals surface area contributed by atoms with E-state index in [1.807, 2.05) is 0 Å². The highest BCUT2D eigenvalue weighted by atomic mass is 32.1. The number of anilines is 1. The van der Waals surface area contributed by atoms with Gasteiger partial charge in [-0.2, -0.15) is 4.99 Å². The summed E-state index contributed by atoms with van der Waals surface area (Å²) in [7, 11) is 1.71. The van der Waals surface area contributed by atoms with Crippen molar-refractivity contribution in [3.8, 4) is 0 Å². The van der Waals surface area contributed by atoms with Crippen LogP contribution in [-0.4, -0.2) is 19.0 Å². The minimum atomic E-state index is -0.0501. The van der Waals surface area contributed by atoms with E-state index in [4.69, 9.17) is 0 Å². The van der Waals surface area contributed by atoms with Crippen LogP contribution >= 0.6 is 11.3 Å². The number of carbonyl (C=O) groups excluding carboxylic acids is 2. The van der Waals surface area contributed by atoms with Gasteiger partial charge in [0, 0.05) is 18.8 Å². The van der Waals surface area contributed by atoms with E-state index in [1.54, 1.807) is 29.4 Å². The Hall–Kier alpha value is -1.45. The molecule has 17 heavy (non-hydrogen) atoms. The van der Waals surface area contributed by atoms with Gasteiger partial charge in [-0.1, -0.05) is 0 Å². The van der Waals surface area contributed by atoms with Crippen molar-refractivity contribution in [2.24, 2.45) is 4.99 Å². The SMILES string of the molecule is CC(=O)N(C)c1sc2c(c1N=C=O)CCCC2. The summed E-state index contributed by atoms with van der Waals surface area (Å²) < 4.78 is 0.